The highest BCUT2D eigenvalue weighted by Crippen LogP contribution is 2.38. The van der Waals surface area contributed by atoms with E-state index in [2.05, 4.69) is 21.2 Å². The van der Waals surface area contributed by atoms with Crippen LogP contribution in [0.1, 0.15) is 11.1 Å². The maximum Gasteiger partial charge on any atom is 0.175 e. The average molecular weight is 532 g/mol. The van der Waals surface area contributed by atoms with E-state index in [1.165, 1.54) is 0 Å². The van der Waals surface area contributed by atoms with Gasteiger partial charge in [-0.2, -0.15) is 0 Å². The Morgan fingerprint density at radius 2 is 1.57 bits per heavy atom. The smallest absolute Gasteiger partial charge is 0.175 e. The first-order chi connectivity index (χ1) is 14.4. The molecule has 1 N–H and O–H groups in total. The minimum absolute atomic E-state index is 0.218. The van der Waals surface area contributed by atoms with Crippen molar-refractivity contribution < 1.29 is 14.2 Å². The van der Waals surface area contributed by atoms with Crippen LogP contribution in [0, 0.1) is 0 Å². The molecule has 30 heavy (non-hydrogen) atoms. The van der Waals surface area contributed by atoms with Crippen molar-refractivity contribution >= 4 is 56.4 Å². The number of ether oxygens (including phenoxy) is 3. The third-order valence-corrected chi connectivity index (χ3v) is 5.95. The predicted octanol–water partition coefficient (Wildman–Crippen LogP) is 7.62. The van der Waals surface area contributed by atoms with Crippen LogP contribution < -0.4 is 19.5 Å². The van der Waals surface area contributed by atoms with Crippen LogP contribution in [0.3, 0.4) is 0 Å². The molecule has 0 aliphatic heterocycles. The fourth-order valence-electron chi connectivity index (χ4n) is 2.81. The number of hydrogen-bond acceptors (Lipinski definition) is 4. The topological polar surface area (TPSA) is 39.7 Å². The van der Waals surface area contributed by atoms with Crippen LogP contribution in [0.2, 0.25) is 15.1 Å². The van der Waals surface area contributed by atoms with E-state index in [-0.39, 0.29) is 6.61 Å². The summed E-state index contributed by atoms with van der Waals surface area (Å²) in [5.41, 5.74) is 2.59. The summed E-state index contributed by atoms with van der Waals surface area (Å²) in [6, 6.07) is 14.8. The Balaban J connectivity index is 1.74. The number of halogens is 4. The van der Waals surface area contributed by atoms with Gasteiger partial charge in [-0.05, 0) is 64.0 Å². The summed E-state index contributed by atoms with van der Waals surface area (Å²) >= 11 is 22.2. The molecule has 0 amide bonds. The maximum atomic E-state index is 6.23. The Hall–Kier alpha value is -1.79. The summed E-state index contributed by atoms with van der Waals surface area (Å²) in [4.78, 5) is 0. The fraction of sp³-hybridized carbons (Fsp3) is 0.182. The highest BCUT2D eigenvalue weighted by Gasteiger charge is 2.14. The summed E-state index contributed by atoms with van der Waals surface area (Å²) < 4.78 is 17.4. The van der Waals surface area contributed by atoms with Crippen LogP contribution in [0.25, 0.3) is 0 Å². The summed E-state index contributed by atoms with van der Waals surface area (Å²) in [5.74, 6) is 1.80. The number of nitrogens with one attached hydrogen (secondary N) is 1. The van der Waals surface area contributed by atoms with Gasteiger partial charge in [0.15, 0.2) is 11.5 Å². The van der Waals surface area contributed by atoms with Crippen molar-refractivity contribution in [2.45, 2.75) is 13.2 Å². The quantitative estimate of drug-likeness (QED) is 0.325. The minimum atomic E-state index is 0.218. The molecule has 0 aliphatic rings. The second-order valence-corrected chi connectivity index (χ2v) is 8.38. The Labute approximate surface area is 199 Å². The van der Waals surface area contributed by atoms with E-state index in [1.807, 2.05) is 30.3 Å². The van der Waals surface area contributed by atoms with Crippen molar-refractivity contribution in [2.75, 3.05) is 19.5 Å². The second kappa shape index (κ2) is 10.5. The van der Waals surface area contributed by atoms with Gasteiger partial charge in [0, 0.05) is 27.8 Å². The van der Waals surface area contributed by atoms with Gasteiger partial charge < -0.3 is 19.5 Å². The third-order valence-electron chi connectivity index (χ3n) is 4.36. The fourth-order valence-corrected chi connectivity index (χ4v) is 4.18. The number of methoxy groups -OCH3 is 2. The van der Waals surface area contributed by atoms with Crippen LogP contribution in [0.4, 0.5) is 5.69 Å². The molecule has 0 aliphatic carbocycles. The highest BCUT2D eigenvalue weighted by atomic mass is 79.9. The zero-order chi connectivity index (χ0) is 21.7. The monoisotopic (exact) mass is 529 g/mol. The van der Waals surface area contributed by atoms with E-state index in [1.54, 1.807) is 32.4 Å². The molecule has 0 aromatic heterocycles. The van der Waals surface area contributed by atoms with Crippen LogP contribution >= 0.6 is 50.7 Å². The molecule has 0 bridgehead atoms. The largest absolute Gasteiger partial charge is 0.495 e. The Morgan fingerprint density at radius 3 is 2.20 bits per heavy atom. The first-order valence-electron chi connectivity index (χ1n) is 8.92. The Kier molecular flexibility index (Phi) is 8.00. The third kappa shape index (κ3) is 5.46. The molecule has 158 valence electrons. The molecule has 0 radical (unpaired) electrons. The van der Waals surface area contributed by atoms with E-state index in [0.29, 0.717) is 38.9 Å². The van der Waals surface area contributed by atoms with Gasteiger partial charge in [0.1, 0.15) is 12.4 Å². The molecule has 0 saturated carbocycles. The molecular weight excluding hydrogens is 513 g/mol. The zero-order valence-electron chi connectivity index (χ0n) is 16.3. The standard InChI is InChI=1S/C22H19BrCl3NO3/c1-28-20-7-6-14(10-19(20)26)27-11-13-8-16(23)22(21(9-13)29-2)30-12-15-17(24)4-3-5-18(15)25/h3-10,27H,11-12H2,1-2H3. The molecule has 0 atom stereocenters. The molecule has 3 aromatic carbocycles. The highest BCUT2D eigenvalue weighted by molar-refractivity contribution is 9.10. The number of benzene rings is 3. The van der Waals surface area contributed by atoms with E-state index in [4.69, 9.17) is 49.0 Å². The summed E-state index contributed by atoms with van der Waals surface area (Å²) in [7, 11) is 3.18. The average Bonchev–Trinajstić information content (AvgIpc) is 2.72. The van der Waals surface area contributed by atoms with Gasteiger partial charge >= 0.3 is 0 Å². The lowest BCUT2D eigenvalue weighted by Gasteiger charge is -2.16. The van der Waals surface area contributed by atoms with Gasteiger partial charge in [0.05, 0.1) is 23.7 Å². The van der Waals surface area contributed by atoms with Crippen molar-refractivity contribution in [1.82, 2.24) is 0 Å². The SMILES string of the molecule is COc1ccc(NCc2cc(Br)c(OCc3c(Cl)cccc3Cl)c(OC)c2)cc1Cl. The number of anilines is 1. The van der Waals surface area contributed by atoms with Gasteiger partial charge in [-0.3, -0.25) is 0 Å². The summed E-state index contributed by atoms with van der Waals surface area (Å²) in [5, 5.41) is 4.98. The normalized spacial score (nSPS) is 10.6. The molecule has 0 spiro atoms. The van der Waals surface area contributed by atoms with Crippen LogP contribution in [-0.4, -0.2) is 14.2 Å². The molecular formula is C22H19BrCl3NO3. The van der Waals surface area contributed by atoms with E-state index in [9.17, 15) is 0 Å². The molecule has 3 aromatic rings. The van der Waals surface area contributed by atoms with E-state index < -0.39 is 0 Å². The van der Waals surface area contributed by atoms with Crippen LogP contribution in [0.5, 0.6) is 17.2 Å². The first-order valence-corrected chi connectivity index (χ1v) is 10.8. The summed E-state index contributed by atoms with van der Waals surface area (Å²) in [6.07, 6.45) is 0. The number of rotatable bonds is 8. The Bertz CT molecular complexity index is 1030. The molecule has 0 unspecified atom stereocenters. The van der Waals surface area contributed by atoms with Gasteiger partial charge in [-0.25, -0.2) is 0 Å². The minimum Gasteiger partial charge on any atom is -0.495 e. The van der Waals surface area contributed by atoms with E-state index >= 15 is 0 Å². The lowest BCUT2D eigenvalue weighted by molar-refractivity contribution is 0.282. The van der Waals surface area contributed by atoms with Crippen molar-refractivity contribution in [3.63, 3.8) is 0 Å². The summed E-state index contributed by atoms with van der Waals surface area (Å²) in [6.45, 7) is 0.781. The van der Waals surface area contributed by atoms with Crippen LogP contribution in [-0.2, 0) is 13.2 Å². The van der Waals surface area contributed by atoms with Crippen molar-refractivity contribution in [3.8, 4) is 17.2 Å². The van der Waals surface area contributed by atoms with Gasteiger partial charge in [0.2, 0.25) is 0 Å². The van der Waals surface area contributed by atoms with Crippen molar-refractivity contribution in [3.05, 3.63) is 79.2 Å². The molecule has 4 nitrogen and oxygen atoms in total. The lowest BCUT2D eigenvalue weighted by Crippen LogP contribution is -2.03. The van der Waals surface area contributed by atoms with Gasteiger partial charge in [0.25, 0.3) is 0 Å². The molecule has 3 rings (SSSR count). The van der Waals surface area contributed by atoms with Crippen molar-refractivity contribution in [2.24, 2.45) is 0 Å². The molecule has 0 saturated heterocycles. The molecule has 8 heteroatoms. The zero-order valence-corrected chi connectivity index (χ0v) is 20.1. The second-order valence-electron chi connectivity index (χ2n) is 6.30. The Morgan fingerprint density at radius 1 is 0.867 bits per heavy atom. The van der Waals surface area contributed by atoms with Gasteiger partial charge in [-0.1, -0.05) is 40.9 Å². The van der Waals surface area contributed by atoms with Crippen LogP contribution in [0.15, 0.2) is 53.0 Å². The first kappa shape index (κ1) is 22.9. The lowest BCUT2D eigenvalue weighted by atomic mass is 10.2. The van der Waals surface area contributed by atoms with Gasteiger partial charge in [-0.15, -0.1) is 0 Å². The maximum absolute atomic E-state index is 6.23. The molecule has 0 fully saturated rings. The number of hydrogen-bond donors (Lipinski definition) is 1. The predicted molar refractivity (Wildman–Crippen MR) is 127 cm³/mol. The molecule has 0 heterocycles. The van der Waals surface area contributed by atoms with Crippen molar-refractivity contribution in [1.29, 1.82) is 0 Å². The van der Waals surface area contributed by atoms with E-state index in [0.717, 1.165) is 21.3 Å².